The summed E-state index contributed by atoms with van der Waals surface area (Å²) in [7, 11) is 10.7. The van der Waals surface area contributed by atoms with Gasteiger partial charge in [0.15, 0.2) is 6.04 Å². The number of carbonyl (C=O) groups excluding carboxylic acids is 10. The molecule has 694 valence electrons. The Balaban J connectivity index is 0.984. The van der Waals surface area contributed by atoms with Gasteiger partial charge in [-0.15, -0.1) is 0 Å². The number of likely N-dealkylation sites (N-methyl/N-ethyl adjacent to an activating group) is 1. The Morgan fingerprint density at radius 3 is 2.15 bits per heavy atom. The number of nitrogens with one attached hydrogen (secondary N) is 10. The van der Waals surface area contributed by atoms with Crippen molar-refractivity contribution >= 4 is 165 Å². The quantitative estimate of drug-likeness (QED) is 0.00427. The van der Waals surface area contributed by atoms with E-state index >= 15 is 19.2 Å². The smallest absolute Gasteiger partial charge is 0.405 e. The Morgan fingerprint density at radius 1 is 0.819 bits per heavy atom. The molecule has 0 radical (unpaired) electrons. The van der Waals surface area contributed by atoms with Crippen molar-refractivity contribution in [2.45, 2.75) is 213 Å². The maximum Gasteiger partial charge on any atom is 0.405 e. The average Bonchev–Trinajstić information content (AvgIpc) is 1.58. The molecule has 5 aromatic rings. The minimum atomic E-state index is -1.88. The number of H-pyrrole nitrogens is 1. The van der Waals surface area contributed by atoms with Gasteiger partial charge in [-0.2, -0.15) is 0 Å². The van der Waals surface area contributed by atoms with Crippen molar-refractivity contribution < 1.29 is 102 Å². The number of hydrogen-bond donors (Lipinski definition) is 16. The number of hydrogen-bond acceptors (Lipinski definition) is 25. The van der Waals surface area contributed by atoms with Crippen molar-refractivity contribution in [3.63, 3.8) is 0 Å². The number of carbonyl (C=O) groups is 12. The molecule has 3 aliphatic heterocycles. The first-order valence-electron chi connectivity index (χ1n) is 41.7. The van der Waals surface area contributed by atoms with Gasteiger partial charge in [0, 0.05) is 80.6 Å². The molecule has 34 nitrogen and oxygen atoms in total. The number of amides is 10. The number of carboxylic acid groups (broad SMARTS) is 2. The number of benzene rings is 4. The summed E-state index contributed by atoms with van der Waals surface area (Å²) in [6.45, 7) is 9.88. The first-order valence-corrected chi connectivity index (χ1v) is 48.2. The van der Waals surface area contributed by atoms with Gasteiger partial charge in [0.05, 0.1) is 43.6 Å². The van der Waals surface area contributed by atoms with Crippen molar-refractivity contribution in [2.24, 2.45) is 11.7 Å². The number of alkyl halides is 1. The number of halogens is 2. The van der Waals surface area contributed by atoms with Crippen LogP contribution >= 0.6 is 77.4 Å². The fraction of sp³-hybridized carbons (Fsp3) is 0.517. The SMILES string of the molecule is COc1cc2cc(c1Cl)N(C)C(=O)C[C@H](OC(=O)[C@H](C)N(C)C(=O)CCSSCCCN[C@H](Cc1ccccc1)C(=O)N[C@H]1CSSC[C@@H](C(=O)N[C@H](C(=O)O)[C@@H](C)O)NC(=O)[C@H]([C@@H](C)O)NC(=O)[C@H](CCCCN)NC(=O)[C@@H](Cc3c[nH]c4ccccc34)NC(=O)[C@H](Cc3ccc(O)cc3)NC1=O)[C@]1(C)O[C@H]1[C@H](C)CCC(I)(NC(=O)O)[C@H](OC)/C=C/C=C(\C)C2. The zero-order chi connectivity index (χ0) is 93.0. The maximum absolute atomic E-state index is 15.3. The second kappa shape index (κ2) is 49.8. The van der Waals surface area contributed by atoms with Crippen molar-refractivity contribution in [1.82, 2.24) is 57.7 Å². The van der Waals surface area contributed by atoms with Crippen molar-refractivity contribution in [1.29, 1.82) is 0 Å². The number of phenolic OH excluding ortho intramolecular Hbond substituents is 1. The normalized spacial score (nSPS) is 25.2. The van der Waals surface area contributed by atoms with E-state index in [-0.39, 0.29) is 86.4 Å². The molecule has 0 saturated carbocycles. The lowest BCUT2D eigenvalue weighted by atomic mass is 9.87. The number of para-hydroxylation sites is 1. The zero-order valence-corrected chi connectivity index (χ0v) is 78.7. The highest BCUT2D eigenvalue weighted by molar-refractivity contribution is 14.1. The Morgan fingerprint density at radius 2 is 1.48 bits per heavy atom. The van der Waals surface area contributed by atoms with Crippen molar-refractivity contribution in [3.8, 4) is 11.5 Å². The molecular weight excluding hydrogens is 1850 g/mol. The van der Waals surface area contributed by atoms with Crippen LogP contribution in [0.2, 0.25) is 5.02 Å². The number of carboxylic acids is 1. The van der Waals surface area contributed by atoms with Gasteiger partial charge in [0.25, 0.3) is 0 Å². The first-order chi connectivity index (χ1) is 60.4. The van der Waals surface area contributed by atoms with Crippen LogP contribution in [0, 0.1) is 5.92 Å². The molecule has 0 spiro atoms. The molecule has 0 aliphatic carbocycles. The van der Waals surface area contributed by atoms with E-state index in [0.717, 1.165) is 45.2 Å². The van der Waals surface area contributed by atoms with E-state index in [1.54, 1.807) is 74.8 Å². The number of nitrogens with two attached hydrogens (primary N) is 1. The number of allylic oxidation sites excluding steroid dienone is 3. The van der Waals surface area contributed by atoms with Gasteiger partial charge in [-0.05, 0) is 158 Å². The van der Waals surface area contributed by atoms with Crippen LogP contribution < -0.4 is 63.2 Å². The lowest BCUT2D eigenvalue weighted by molar-refractivity contribution is -0.162. The molecule has 40 heteroatoms. The summed E-state index contributed by atoms with van der Waals surface area (Å²) in [4.78, 5) is 177. The van der Waals surface area contributed by atoms with Gasteiger partial charge in [0.2, 0.25) is 53.2 Å². The molecule has 3 aliphatic rings. The van der Waals surface area contributed by atoms with Crippen LogP contribution in [0.1, 0.15) is 115 Å². The summed E-state index contributed by atoms with van der Waals surface area (Å²) >= 11 is 8.98. The highest BCUT2D eigenvalue weighted by Gasteiger charge is 2.62. The van der Waals surface area contributed by atoms with Gasteiger partial charge in [-0.3, -0.25) is 43.2 Å². The monoisotopic (exact) mass is 1970 g/mol. The highest BCUT2D eigenvalue weighted by atomic mass is 127. The number of aliphatic hydroxyl groups excluding tert-OH is 2. The van der Waals surface area contributed by atoms with E-state index in [1.807, 2.05) is 44.2 Å². The largest absolute Gasteiger partial charge is 0.508 e. The minimum absolute atomic E-state index is 0.00662. The number of ether oxygens (including phenoxy) is 4. The average molecular weight is 1970 g/mol. The number of phenols is 1. The lowest BCUT2D eigenvalue weighted by Gasteiger charge is -2.34. The van der Waals surface area contributed by atoms with Crippen molar-refractivity contribution in [3.05, 3.63) is 148 Å². The minimum Gasteiger partial charge on any atom is -0.508 e. The molecule has 8 rings (SSSR count). The highest BCUT2D eigenvalue weighted by Crippen LogP contribution is 2.49. The fourth-order valence-electron chi connectivity index (χ4n) is 14.6. The molecule has 2 saturated heterocycles. The Hall–Kier alpha value is -8.88. The number of aromatic amines is 1. The summed E-state index contributed by atoms with van der Waals surface area (Å²) in [5.74, 6) is -9.74. The Bertz CT molecular complexity index is 4700. The van der Waals surface area contributed by atoms with E-state index in [9.17, 15) is 63.9 Å². The molecule has 10 amide bonds. The van der Waals surface area contributed by atoms with Crippen LogP contribution in [0.3, 0.4) is 0 Å². The predicted molar refractivity (Wildman–Crippen MR) is 497 cm³/mol. The number of aromatic hydroxyl groups is 1. The number of unbranched alkanes of at least 4 members (excludes halogenated alkanes) is 1. The summed E-state index contributed by atoms with van der Waals surface area (Å²) in [6, 6.07) is 12.0. The second-order valence-corrected chi connectivity index (χ2v) is 39.5. The first kappa shape index (κ1) is 103. The van der Waals surface area contributed by atoms with Crippen LogP contribution in [0.25, 0.3) is 10.9 Å². The Kier molecular flexibility index (Phi) is 40.6. The predicted octanol–water partition coefficient (Wildman–Crippen LogP) is 6.31. The number of aromatic nitrogens is 1. The van der Waals surface area contributed by atoms with Crippen LogP contribution in [-0.2, 0) is 92.6 Å². The maximum atomic E-state index is 15.3. The van der Waals surface area contributed by atoms with E-state index in [0.29, 0.717) is 77.1 Å². The standard InChI is InChI=1S/C87H117ClIN13O21S4/c1-48-20-18-26-68(121-10)87(89,100-85(118)119)33-31-49(2)75-86(6,123-75)69(44-71(107)102(8)66-41-55(38-48)42-67(120-9)72(66)88)122-84(117)50(3)101(7)70(106)32-37-125-124-36-19-35-91-61(39-53-21-12-11-13-22-53)77(109)96-64-46-126-127-47-65(81(113)99-74(52(5)104)83(115)116)97-82(114)73(51(4)103)98-76(108)60(25-16-17-34-90)93-79(111)63(43-56-45-92-59-24-15-14-23-58(56)59)95-78(110)62(94-80(64)112)40-54-27-29-57(105)30-28-54/h11-15,18,20-24,26-30,41-42,45,49-52,60-65,68-69,73-75,91-92,100,103-105H,16-17,19,25,31-40,43-44,46-47,90H2,1-10H3,(H,93,111)(H,94,112)(H,95,110)(H,96,109)(H,97,114)(H,98,108)(H,99,113)(H,115,116)(H,118,119)/b26-18+,48-20+/t49-,50+,51-,52-,60+,61-,62+,63-,64+,65+,68-,69+,73+,74+,75+,86+,87?/m1/s1. The van der Waals surface area contributed by atoms with Gasteiger partial charge < -0.3 is 113 Å². The number of rotatable bonds is 32. The summed E-state index contributed by atoms with van der Waals surface area (Å²) in [5, 5.41) is 77.3. The molecule has 1 aromatic heterocycles. The third-order valence-corrected chi connectivity index (χ3v) is 29.0. The van der Waals surface area contributed by atoms with Crippen LogP contribution in [0.5, 0.6) is 11.5 Å². The van der Waals surface area contributed by atoms with Crippen LogP contribution in [0.4, 0.5) is 10.5 Å². The van der Waals surface area contributed by atoms with Gasteiger partial charge in [0.1, 0.15) is 80.2 Å². The molecule has 2 bridgehead atoms. The second-order valence-electron chi connectivity index (χ2n) is 32.0. The number of esters is 1. The molecule has 2 fully saturated rings. The third kappa shape index (κ3) is 30.4. The van der Waals surface area contributed by atoms with Crippen LogP contribution in [0.15, 0.2) is 121 Å². The molecule has 4 heterocycles. The number of fused-ring (bicyclic) bond motifs is 4. The van der Waals surface area contributed by atoms with E-state index < -0.39 is 165 Å². The molecule has 17 atom stereocenters. The summed E-state index contributed by atoms with van der Waals surface area (Å²) in [5.41, 5.74) is 9.10. The number of aliphatic carboxylic acids is 1. The molecule has 127 heavy (non-hydrogen) atoms. The Labute approximate surface area is 772 Å². The number of epoxide rings is 1. The van der Waals surface area contributed by atoms with Crippen LogP contribution in [-0.4, -0.2) is 265 Å². The zero-order valence-electron chi connectivity index (χ0n) is 72.5. The van der Waals surface area contributed by atoms with Gasteiger partial charge in [-0.25, -0.2) is 14.4 Å². The van der Waals surface area contributed by atoms with Crippen molar-refractivity contribution in [2.75, 3.05) is 69.3 Å². The lowest BCUT2D eigenvalue weighted by Crippen LogP contribution is -2.62. The van der Waals surface area contributed by atoms with Gasteiger partial charge >= 0.3 is 18.0 Å². The molecular formula is C87H117ClIN13O21S4. The number of nitrogens with zero attached hydrogens (tertiary/aromatic N) is 2. The van der Waals surface area contributed by atoms with E-state index in [4.69, 9.17) is 36.3 Å². The topological polar surface area (TPSA) is 503 Å². The van der Waals surface area contributed by atoms with E-state index in [1.165, 1.54) is 90.8 Å². The molecule has 1 unspecified atom stereocenters. The number of anilines is 1. The van der Waals surface area contributed by atoms with E-state index in [2.05, 4.69) is 75.4 Å². The fourth-order valence-corrected chi connectivity index (χ4v) is 20.3. The summed E-state index contributed by atoms with van der Waals surface area (Å²) < 4.78 is 23.1. The summed E-state index contributed by atoms with van der Waals surface area (Å²) in [6.07, 6.45) is 1.61. The molecule has 4 aromatic carbocycles. The number of aliphatic hydroxyl groups is 2. The molecule has 17 N–H and O–H groups in total. The number of methoxy groups -OCH3 is 2. The third-order valence-electron chi connectivity index (χ3n) is 22.3. The van der Waals surface area contributed by atoms with Gasteiger partial charge in [-0.1, -0.05) is 169 Å².